The van der Waals surface area contributed by atoms with Crippen molar-refractivity contribution < 1.29 is 4.74 Å². The second-order valence-corrected chi connectivity index (χ2v) is 4.04. The monoisotopic (exact) mass is 182 g/mol. The summed E-state index contributed by atoms with van der Waals surface area (Å²) >= 11 is 0. The molecule has 3 nitrogen and oxygen atoms in total. The van der Waals surface area contributed by atoms with Crippen LogP contribution in [0.5, 0.6) is 0 Å². The Morgan fingerprint density at radius 1 is 1.46 bits per heavy atom. The van der Waals surface area contributed by atoms with Crippen molar-refractivity contribution in [2.24, 2.45) is 0 Å². The maximum absolute atomic E-state index is 5.93. The normalized spacial score (nSPS) is 29.8. The molecule has 0 spiro atoms. The molecule has 1 fully saturated rings. The summed E-state index contributed by atoms with van der Waals surface area (Å²) in [7, 11) is 2.00. The van der Waals surface area contributed by atoms with Crippen molar-refractivity contribution >= 4 is 0 Å². The first-order valence-corrected chi connectivity index (χ1v) is 5.08. The van der Waals surface area contributed by atoms with Gasteiger partial charge in [0.15, 0.2) is 0 Å². The van der Waals surface area contributed by atoms with E-state index >= 15 is 0 Å². The van der Waals surface area contributed by atoms with Crippen LogP contribution in [0.25, 0.3) is 0 Å². The largest absolute Gasteiger partial charge is 0.354 e. The van der Waals surface area contributed by atoms with E-state index in [1.54, 1.807) is 0 Å². The molecule has 1 unspecified atom stereocenters. The van der Waals surface area contributed by atoms with Crippen molar-refractivity contribution in [3.8, 4) is 0 Å². The first kappa shape index (κ1) is 9.03. The molecule has 0 aromatic heterocycles. The third-order valence-electron chi connectivity index (χ3n) is 2.76. The highest BCUT2D eigenvalue weighted by Gasteiger charge is 2.24. The van der Waals surface area contributed by atoms with Crippen molar-refractivity contribution in [1.29, 1.82) is 0 Å². The molecule has 1 aliphatic carbocycles. The summed E-state index contributed by atoms with van der Waals surface area (Å²) in [6.45, 7) is 2.11. The van der Waals surface area contributed by atoms with Gasteiger partial charge in [0.1, 0.15) is 6.23 Å². The summed E-state index contributed by atoms with van der Waals surface area (Å²) < 4.78 is 5.93. The standard InChI is InChI=1S/C10H18N2O/c1-8-7-12(2)11-10(8)13-9-5-3-4-6-9/h7,9-11H,3-6H2,1-2H3. The van der Waals surface area contributed by atoms with E-state index in [0.29, 0.717) is 6.10 Å². The topological polar surface area (TPSA) is 24.5 Å². The second kappa shape index (κ2) is 3.68. The summed E-state index contributed by atoms with van der Waals surface area (Å²) in [6.07, 6.45) is 7.80. The van der Waals surface area contributed by atoms with Crippen molar-refractivity contribution in [2.45, 2.75) is 44.9 Å². The molecule has 3 heteroatoms. The minimum Gasteiger partial charge on any atom is -0.354 e. The molecule has 0 aromatic rings. The average Bonchev–Trinajstić information content (AvgIpc) is 2.63. The minimum atomic E-state index is 0.119. The van der Waals surface area contributed by atoms with Gasteiger partial charge in [-0.2, -0.15) is 0 Å². The Morgan fingerprint density at radius 2 is 2.15 bits per heavy atom. The van der Waals surface area contributed by atoms with Crippen molar-refractivity contribution in [2.75, 3.05) is 7.05 Å². The fraction of sp³-hybridized carbons (Fsp3) is 0.800. The summed E-state index contributed by atoms with van der Waals surface area (Å²) in [5.74, 6) is 0. The zero-order chi connectivity index (χ0) is 9.26. The third-order valence-corrected chi connectivity index (χ3v) is 2.76. The number of nitrogens with one attached hydrogen (secondary N) is 1. The fourth-order valence-electron chi connectivity index (χ4n) is 2.05. The summed E-state index contributed by atoms with van der Waals surface area (Å²) in [5, 5.41) is 1.97. The summed E-state index contributed by atoms with van der Waals surface area (Å²) in [4.78, 5) is 0. The molecular formula is C10H18N2O. The van der Waals surface area contributed by atoms with Crippen LogP contribution < -0.4 is 5.43 Å². The van der Waals surface area contributed by atoms with Crippen LogP contribution in [0.2, 0.25) is 0 Å². The molecule has 2 aliphatic rings. The molecule has 1 aliphatic heterocycles. The van der Waals surface area contributed by atoms with Crippen molar-refractivity contribution in [3.05, 3.63) is 11.8 Å². The summed E-state index contributed by atoms with van der Waals surface area (Å²) in [6, 6.07) is 0. The fourth-order valence-corrected chi connectivity index (χ4v) is 2.05. The zero-order valence-electron chi connectivity index (χ0n) is 8.42. The third kappa shape index (κ3) is 2.03. The van der Waals surface area contributed by atoms with Crippen LogP contribution in [0, 0.1) is 0 Å². The smallest absolute Gasteiger partial charge is 0.148 e. The Hall–Kier alpha value is -0.540. The highest BCUT2D eigenvalue weighted by atomic mass is 16.5. The van der Waals surface area contributed by atoms with Crippen LogP contribution in [0.4, 0.5) is 0 Å². The van der Waals surface area contributed by atoms with E-state index in [2.05, 4.69) is 18.5 Å². The Bertz CT molecular complexity index is 209. The van der Waals surface area contributed by atoms with E-state index in [1.165, 1.54) is 31.3 Å². The van der Waals surface area contributed by atoms with Gasteiger partial charge in [-0.3, -0.25) is 0 Å². The first-order chi connectivity index (χ1) is 6.25. The van der Waals surface area contributed by atoms with Gasteiger partial charge in [-0.1, -0.05) is 12.8 Å². The van der Waals surface area contributed by atoms with Gasteiger partial charge in [-0.15, -0.1) is 0 Å². The lowest BCUT2D eigenvalue weighted by Crippen LogP contribution is -2.37. The van der Waals surface area contributed by atoms with Crippen molar-refractivity contribution in [3.63, 3.8) is 0 Å². The number of hydrogen-bond donors (Lipinski definition) is 1. The molecule has 0 radical (unpaired) electrons. The molecular weight excluding hydrogens is 164 g/mol. The molecule has 0 saturated heterocycles. The van der Waals surface area contributed by atoms with Crippen LogP contribution >= 0.6 is 0 Å². The lowest BCUT2D eigenvalue weighted by molar-refractivity contribution is -0.0200. The van der Waals surface area contributed by atoms with Crippen LogP contribution in [-0.2, 0) is 4.74 Å². The van der Waals surface area contributed by atoms with Crippen LogP contribution in [0.3, 0.4) is 0 Å². The predicted molar refractivity (Wildman–Crippen MR) is 51.8 cm³/mol. The molecule has 1 N–H and O–H groups in total. The van der Waals surface area contributed by atoms with Crippen LogP contribution in [0.15, 0.2) is 11.8 Å². The Kier molecular flexibility index (Phi) is 2.56. The molecule has 1 atom stereocenters. The lowest BCUT2D eigenvalue weighted by Gasteiger charge is -2.20. The van der Waals surface area contributed by atoms with Crippen LogP contribution in [0.1, 0.15) is 32.6 Å². The first-order valence-electron chi connectivity index (χ1n) is 5.08. The Labute approximate surface area is 79.7 Å². The minimum absolute atomic E-state index is 0.119. The average molecular weight is 182 g/mol. The van der Waals surface area contributed by atoms with Gasteiger partial charge < -0.3 is 9.75 Å². The molecule has 13 heavy (non-hydrogen) atoms. The lowest BCUT2D eigenvalue weighted by atomic mass is 10.3. The van der Waals surface area contributed by atoms with Gasteiger partial charge in [0, 0.05) is 13.2 Å². The molecule has 0 amide bonds. The van der Waals surface area contributed by atoms with Gasteiger partial charge in [0.2, 0.25) is 0 Å². The van der Waals surface area contributed by atoms with Gasteiger partial charge in [0.05, 0.1) is 6.10 Å². The van der Waals surface area contributed by atoms with Gasteiger partial charge in [-0.05, 0) is 25.3 Å². The Morgan fingerprint density at radius 3 is 2.69 bits per heavy atom. The Balaban J connectivity index is 1.85. The number of nitrogens with zero attached hydrogens (tertiary/aromatic N) is 1. The zero-order valence-corrected chi connectivity index (χ0v) is 8.42. The quantitative estimate of drug-likeness (QED) is 0.702. The number of rotatable bonds is 2. The SMILES string of the molecule is CC1=CN(C)NC1OC1CCCC1. The molecule has 2 rings (SSSR count). The maximum atomic E-state index is 5.93. The van der Waals surface area contributed by atoms with E-state index in [1.807, 2.05) is 12.1 Å². The van der Waals surface area contributed by atoms with E-state index in [4.69, 9.17) is 4.74 Å². The molecule has 1 saturated carbocycles. The number of ether oxygens (including phenoxy) is 1. The van der Waals surface area contributed by atoms with Gasteiger partial charge in [0.25, 0.3) is 0 Å². The van der Waals surface area contributed by atoms with E-state index in [-0.39, 0.29) is 6.23 Å². The van der Waals surface area contributed by atoms with E-state index in [0.717, 1.165) is 0 Å². The molecule has 74 valence electrons. The maximum Gasteiger partial charge on any atom is 0.148 e. The molecule has 0 aromatic carbocycles. The van der Waals surface area contributed by atoms with Gasteiger partial charge >= 0.3 is 0 Å². The number of hydrogen-bond acceptors (Lipinski definition) is 3. The van der Waals surface area contributed by atoms with E-state index < -0.39 is 0 Å². The highest BCUT2D eigenvalue weighted by molar-refractivity contribution is 5.07. The van der Waals surface area contributed by atoms with E-state index in [9.17, 15) is 0 Å². The predicted octanol–water partition coefficient (Wildman–Crippen LogP) is 1.63. The second-order valence-electron chi connectivity index (χ2n) is 4.04. The number of hydrazine groups is 1. The summed E-state index contributed by atoms with van der Waals surface area (Å²) in [5.41, 5.74) is 4.52. The van der Waals surface area contributed by atoms with Crippen molar-refractivity contribution in [1.82, 2.24) is 10.4 Å². The van der Waals surface area contributed by atoms with Gasteiger partial charge in [-0.25, -0.2) is 5.43 Å². The molecule has 1 heterocycles. The van der Waals surface area contributed by atoms with Crippen LogP contribution in [-0.4, -0.2) is 24.4 Å². The molecule has 0 bridgehead atoms. The highest BCUT2D eigenvalue weighted by Crippen LogP contribution is 2.24.